The Kier molecular flexibility index (Phi) is 11.2. The van der Waals surface area contributed by atoms with Crippen molar-refractivity contribution in [1.82, 2.24) is 5.32 Å². The van der Waals surface area contributed by atoms with Crippen LogP contribution in [0.3, 0.4) is 0 Å². The second-order valence-electron chi connectivity index (χ2n) is 9.28. The number of nitrogens with zero attached hydrogens (tertiary/aromatic N) is 1. The standard InChI is InChI=1S/C28H32N2O4.Na.H/c1-28(2,16-21-11-12-22-7-3-4-8-23(22)14-21)30-18-25(31)19-34-26-15-20(6-5-9-27(32)33)10-13-24(26)17-29;;/h3-4,7-8,10-15,25,30-31H,5-6,9,16,18-19H2,1-2H3,(H,32,33);;/q;+1;-1/t25-;;/m1../s1. The van der Waals surface area contributed by atoms with E-state index < -0.39 is 12.1 Å². The van der Waals surface area contributed by atoms with Crippen LogP contribution in [0.5, 0.6) is 5.75 Å². The molecular formula is C28H33N2NaO4. The van der Waals surface area contributed by atoms with Gasteiger partial charge in [-0.05, 0) is 67.1 Å². The van der Waals surface area contributed by atoms with Crippen molar-refractivity contribution >= 4 is 16.7 Å². The molecule has 0 saturated heterocycles. The van der Waals surface area contributed by atoms with Crippen molar-refractivity contribution in [2.24, 2.45) is 0 Å². The SMILES string of the molecule is CC(C)(Cc1ccc2ccccc2c1)NC[C@@H](O)COc1cc(CCCC(=O)O)ccc1C#N.[H-].[Na+]. The van der Waals surface area contributed by atoms with Gasteiger partial charge < -0.3 is 21.7 Å². The molecule has 3 N–H and O–H groups in total. The van der Waals surface area contributed by atoms with Gasteiger partial charge in [0.15, 0.2) is 0 Å². The molecule has 180 valence electrons. The first kappa shape index (κ1) is 28.8. The van der Waals surface area contributed by atoms with Gasteiger partial charge in [0.2, 0.25) is 0 Å². The fourth-order valence-corrected chi connectivity index (χ4v) is 3.94. The molecule has 0 fully saturated rings. The second kappa shape index (κ2) is 13.6. The van der Waals surface area contributed by atoms with Crippen LogP contribution in [0.4, 0.5) is 0 Å². The van der Waals surface area contributed by atoms with Crippen LogP contribution < -0.4 is 39.6 Å². The van der Waals surface area contributed by atoms with E-state index in [2.05, 4.69) is 55.6 Å². The summed E-state index contributed by atoms with van der Waals surface area (Å²) in [6.07, 6.45) is 1.25. The molecular weight excluding hydrogens is 451 g/mol. The monoisotopic (exact) mass is 484 g/mol. The molecule has 0 aliphatic heterocycles. The van der Waals surface area contributed by atoms with Gasteiger partial charge in [0.05, 0.1) is 5.56 Å². The number of hydrogen-bond donors (Lipinski definition) is 3. The average Bonchev–Trinajstić information content (AvgIpc) is 2.81. The van der Waals surface area contributed by atoms with E-state index >= 15 is 0 Å². The maximum absolute atomic E-state index is 10.7. The quantitative estimate of drug-likeness (QED) is 0.338. The largest absolute Gasteiger partial charge is 1.00 e. The van der Waals surface area contributed by atoms with Crippen molar-refractivity contribution in [2.75, 3.05) is 13.2 Å². The molecule has 0 aromatic heterocycles. The normalized spacial score (nSPS) is 11.9. The smallest absolute Gasteiger partial charge is 1.00 e. The summed E-state index contributed by atoms with van der Waals surface area (Å²) in [5.74, 6) is -0.422. The maximum Gasteiger partial charge on any atom is 1.00 e. The zero-order valence-electron chi connectivity index (χ0n) is 21.8. The number of carboxylic acid groups (broad SMARTS) is 1. The van der Waals surface area contributed by atoms with Crippen LogP contribution in [-0.4, -0.2) is 41.0 Å². The predicted molar refractivity (Wildman–Crippen MR) is 134 cm³/mol. The Morgan fingerprint density at radius 1 is 1.11 bits per heavy atom. The number of benzene rings is 3. The molecule has 3 aromatic carbocycles. The predicted octanol–water partition coefficient (Wildman–Crippen LogP) is 1.59. The van der Waals surface area contributed by atoms with Gasteiger partial charge in [0.25, 0.3) is 0 Å². The van der Waals surface area contributed by atoms with Gasteiger partial charge in [-0.25, -0.2) is 0 Å². The number of fused-ring (bicyclic) bond motifs is 1. The number of rotatable bonds is 12. The summed E-state index contributed by atoms with van der Waals surface area (Å²) < 4.78 is 5.76. The second-order valence-corrected chi connectivity index (χ2v) is 9.28. The van der Waals surface area contributed by atoms with Crippen LogP contribution in [0.15, 0.2) is 60.7 Å². The summed E-state index contributed by atoms with van der Waals surface area (Å²) in [5, 5.41) is 34.5. The average molecular weight is 485 g/mol. The summed E-state index contributed by atoms with van der Waals surface area (Å²) in [4.78, 5) is 10.7. The van der Waals surface area contributed by atoms with Gasteiger partial charge in [-0.15, -0.1) is 0 Å². The van der Waals surface area contributed by atoms with E-state index in [1.165, 1.54) is 16.3 Å². The van der Waals surface area contributed by atoms with Crippen LogP contribution >= 0.6 is 0 Å². The zero-order valence-corrected chi connectivity index (χ0v) is 22.8. The van der Waals surface area contributed by atoms with Gasteiger partial charge in [-0.1, -0.05) is 48.5 Å². The molecule has 3 aromatic rings. The van der Waals surface area contributed by atoms with Crippen molar-refractivity contribution in [1.29, 1.82) is 5.26 Å². The number of β-amino-alcohol motifs (C(OH)–C–C–N with tert-alkyl or cyclic N) is 1. The summed E-state index contributed by atoms with van der Waals surface area (Å²) in [6, 6.07) is 22.1. The minimum absolute atomic E-state index is 0. The number of ether oxygens (including phenoxy) is 1. The Morgan fingerprint density at radius 3 is 2.54 bits per heavy atom. The summed E-state index contributed by atoms with van der Waals surface area (Å²) in [5.41, 5.74) is 2.28. The third kappa shape index (κ3) is 9.29. The summed E-state index contributed by atoms with van der Waals surface area (Å²) in [6.45, 7) is 4.60. The van der Waals surface area contributed by atoms with Crippen LogP contribution in [0.1, 0.15) is 44.8 Å². The third-order valence-corrected chi connectivity index (χ3v) is 5.73. The van der Waals surface area contributed by atoms with E-state index in [-0.39, 0.29) is 49.6 Å². The molecule has 0 spiro atoms. The third-order valence-electron chi connectivity index (χ3n) is 5.73. The number of hydrogen-bond acceptors (Lipinski definition) is 5. The molecule has 0 heterocycles. The molecule has 3 rings (SSSR count). The Morgan fingerprint density at radius 2 is 1.83 bits per heavy atom. The van der Waals surface area contributed by atoms with Crippen molar-refractivity contribution < 1.29 is 50.7 Å². The minimum Gasteiger partial charge on any atom is -1.00 e. The fraction of sp³-hybridized carbons (Fsp3) is 0.357. The molecule has 35 heavy (non-hydrogen) atoms. The molecule has 0 aliphatic rings. The van der Waals surface area contributed by atoms with Crippen LogP contribution in [-0.2, 0) is 17.6 Å². The van der Waals surface area contributed by atoms with Crippen molar-refractivity contribution in [3.8, 4) is 11.8 Å². The number of aliphatic hydroxyl groups excluding tert-OH is 1. The number of aliphatic carboxylic acids is 1. The van der Waals surface area contributed by atoms with Gasteiger partial charge in [0, 0.05) is 18.5 Å². The number of carbonyl (C=O) groups is 1. The van der Waals surface area contributed by atoms with Gasteiger partial charge >= 0.3 is 35.5 Å². The maximum atomic E-state index is 10.7. The molecule has 0 aliphatic carbocycles. The summed E-state index contributed by atoms with van der Waals surface area (Å²) >= 11 is 0. The van der Waals surface area contributed by atoms with Gasteiger partial charge in [-0.2, -0.15) is 5.26 Å². The Hall–Kier alpha value is -2.40. The van der Waals surface area contributed by atoms with Gasteiger partial charge in [-0.3, -0.25) is 4.79 Å². The molecule has 0 unspecified atom stereocenters. The number of carboxylic acids is 1. The molecule has 0 bridgehead atoms. The van der Waals surface area contributed by atoms with Crippen molar-refractivity contribution in [3.63, 3.8) is 0 Å². The van der Waals surface area contributed by atoms with Crippen molar-refractivity contribution in [2.45, 2.75) is 51.2 Å². The topological polar surface area (TPSA) is 103 Å². The first-order valence-corrected chi connectivity index (χ1v) is 11.5. The van der Waals surface area contributed by atoms with Crippen molar-refractivity contribution in [3.05, 3.63) is 77.4 Å². The van der Waals surface area contributed by atoms with Gasteiger partial charge in [0.1, 0.15) is 24.5 Å². The van der Waals surface area contributed by atoms with E-state index in [0.29, 0.717) is 30.7 Å². The van der Waals surface area contributed by atoms with Crippen LogP contribution in [0.2, 0.25) is 0 Å². The number of aliphatic hydroxyl groups is 1. The number of nitriles is 1. The summed E-state index contributed by atoms with van der Waals surface area (Å²) in [7, 11) is 0. The zero-order chi connectivity index (χ0) is 24.6. The fourth-order valence-electron chi connectivity index (χ4n) is 3.94. The van der Waals surface area contributed by atoms with Crippen LogP contribution in [0.25, 0.3) is 10.8 Å². The number of nitrogens with one attached hydrogen (secondary N) is 1. The minimum atomic E-state index is -0.829. The molecule has 6 nitrogen and oxygen atoms in total. The van der Waals surface area contributed by atoms with Crippen LogP contribution in [0, 0.1) is 11.3 Å². The van der Waals surface area contributed by atoms with E-state index in [1.807, 2.05) is 12.1 Å². The first-order valence-electron chi connectivity index (χ1n) is 11.5. The number of aryl methyl sites for hydroxylation is 1. The molecule has 0 radical (unpaired) electrons. The van der Waals surface area contributed by atoms with E-state index in [4.69, 9.17) is 9.84 Å². The first-order chi connectivity index (χ1) is 16.3. The van der Waals surface area contributed by atoms with E-state index in [9.17, 15) is 15.2 Å². The van der Waals surface area contributed by atoms with E-state index in [1.54, 1.807) is 18.2 Å². The molecule has 0 amide bonds. The molecule has 1 atom stereocenters. The Balaban J connectivity index is 0.00000324. The Labute approximate surface area is 230 Å². The molecule has 7 heteroatoms. The Bertz CT molecular complexity index is 1180. The molecule has 0 saturated carbocycles. The van der Waals surface area contributed by atoms with E-state index in [0.717, 1.165) is 12.0 Å².